The molecule has 1 amide bonds. The maximum absolute atomic E-state index is 12.2. The fourth-order valence-corrected chi connectivity index (χ4v) is 3.67. The average molecular weight is 428 g/mol. The topological polar surface area (TPSA) is 62.8 Å². The summed E-state index contributed by atoms with van der Waals surface area (Å²) in [7, 11) is 0. The molecule has 2 N–H and O–H groups in total. The standard InChI is InChI=1S/C23H29N3O3S/c1-16(2)21-9-8-20(14-17(21)3)29-15-22(27)25-23(30)24-18-4-6-19(7-5-18)26-10-12-28-13-11-26/h4-9,14,16H,10-13,15H2,1-3H3,(H2,24,25,27,30). The molecule has 7 heteroatoms. The first-order valence-corrected chi connectivity index (χ1v) is 10.6. The molecular formula is C23H29N3O3S. The number of ether oxygens (including phenoxy) is 2. The van der Waals surface area contributed by atoms with Crippen LogP contribution < -0.4 is 20.3 Å². The van der Waals surface area contributed by atoms with Crippen molar-refractivity contribution in [3.63, 3.8) is 0 Å². The van der Waals surface area contributed by atoms with Crippen LogP contribution in [0.4, 0.5) is 11.4 Å². The van der Waals surface area contributed by atoms with Gasteiger partial charge in [-0.3, -0.25) is 10.1 Å². The van der Waals surface area contributed by atoms with E-state index in [9.17, 15) is 4.79 Å². The summed E-state index contributed by atoms with van der Waals surface area (Å²) in [4.78, 5) is 14.4. The van der Waals surface area contributed by atoms with Gasteiger partial charge in [0.15, 0.2) is 11.7 Å². The zero-order valence-electron chi connectivity index (χ0n) is 17.7. The highest BCUT2D eigenvalue weighted by atomic mass is 32.1. The number of benzene rings is 2. The molecule has 1 saturated heterocycles. The number of aryl methyl sites for hydroxylation is 1. The highest BCUT2D eigenvalue weighted by Crippen LogP contribution is 2.23. The Morgan fingerprint density at radius 1 is 1.17 bits per heavy atom. The zero-order chi connectivity index (χ0) is 21.5. The number of hydrogen-bond donors (Lipinski definition) is 2. The molecule has 1 heterocycles. The molecule has 1 aliphatic heterocycles. The summed E-state index contributed by atoms with van der Waals surface area (Å²) >= 11 is 5.24. The Hall–Kier alpha value is -2.64. The van der Waals surface area contributed by atoms with Crippen LogP contribution in [-0.4, -0.2) is 43.9 Å². The molecule has 0 unspecified atom stereocenters. The molecule has 1 fully saturated rings. The minimum atomic E-state index is -0.303. The van der Waals surface area contributed by atoms with E-state index in [1.165, 1.54) is 5.56 Å². The average Bonchev–Trinajstić information content (AvgIpc) is 2.73. The lowest BCUT2D eigenvalue weighted by Gasteiger charge is -2.28. The van der Waals surface area contributed by atoms with E-state index >= 15 is 0 Å². The number of rotatable bonds is 6. The third kappa shape index (κ3) is 6.18. The monoisotopic (exact) mass is 427 g/mol. The first-order chi connectivity index (χ1) is 14.4. The quantitative estimate of drug-likeness (QED) is 0.683. The Morgan fingerprint density at radius 3 is 2.50 bits per heavy atom. The summed E-state index contributed by atoms with van der Waals surface area (Å²) in [6, 6.07) is 13.8. The van der Waals surface area contributed by atoms with E-state index < -0.39 is 0 Å². The van der Waals surface area contributed by atoms with Crippen LogP contribution in [0.15, 0.2) is 42.5 Å². The largest absolute Gasteiger partial charge is 0.484 e. The molecule has 160 valence electrons. The number of thiocarbonyl (C=S) groups is 1. The Kier molecular flexibility index (Phi) is 7.65. The molecule has 0 aliphatic carbocycles. The zero-order valence-corrected chi connectivity index (χ0v) is 18.6. The van der Waals surface area contributed by atoms with Crippen molar-refractivity contribution in [3.8, 4) is 5.75 Å². The van der Waals surface area contributed by atoms with Crippen molar-refractivity contribution in [3.05, 3.63) is 53.6 Å². The number of morpholine rings is 1. The van der Waals surface area contributed by atoms with Gasteiger partial charge in [-0.25, -0.2) is 0 Å². The molecule has 0 radical (unpaired) electrons. The van der Waals surface area contributed by atoms with Crippen LogP contribution in [0.3, 0.4) is 0 Å². The van der Waals surface area contributed by atoms with E-state index in [4.69, 9.17) is 21.7 Å². The first kappa shape index (κ1) is 22.1. The minimum Gasteiger partial charge on any atom is -0.484 e. The fourth-order valence-electron chi connectivity index (χ4n) is 3.44. The van der Waals surface area contributed by atoms with E-state index in [0.29, 0.717) is 11.7 Å². The second kappa shape index (κ2) is 10.4. The lowest BCUT2D eigenvalue weighted by Crippen LogP contribution is -2.37. The van der Waals surface area contributed by atoms with Gasteiger partial charge in [-0.15, -0.1) is 0 Å². The van der Waals surface area contributed by atoms with Crippen LogP contribution in [-0.2, 0) is 9.53 Å². The van der Waals surface area contributed by atoms with Gasteiger partial charge in [-0.2, -0.15) is 0 Å². The van der Waals surface area contributed by atoms with Crippen molar-refractivity contribution in [2.24, 2.45) is 0 Å². The van der Waals surface area contributed by atoms with Crippen molar-refractivity contribution >= 4 is 34.6 Å². The van der Waals surface area contributed by atoms with Gasteiger partial charge in [0.1, 0.15) is 5.75 Å². The van der Waals surface area contributed by atoms with Crippen LogP contribution in [0.5, 0.6) is 5.75 Å². The number of nitrogens with one attached hydrogen (secondary N) is 2. The molecule has 0 aromatic heterocycles. The summed E-state index contributed by atoms with van der Waals surface area (Å²) in [5.41, 5.74) is 4.39. The molecule has 0 saturated carbocycles. The number of anilines is 2. The summed E-state index contributed by atoms with van der Waals surface area (Å²) in [6.07, 6.45) is 0. The van der Waals surface area contributed by atoms with E-state index in [1.54, 1.807) is 0 Å². The van der Waals surface area contributed by atoms with Gasteiger partial charge in [0.25, 0.3) is 5.91 Å². The smallest absolute Gasteiger partial charge is 0.264 e. The maximum atomic E-state index is 12.2. The molecule has 2 aromatic carbocycles. The second-order valence-electron chi connectivity index (χ2n) is 7.61. The van der Waals surface area contributed by atoms with Gasteiger partial charge in [-0.1, -0.05) is 19.9 Å². The van der Waals surface area contributed by atoms with Gasteiger partial charge in [0, 0.05) is 24.5 Å². The van der Waals surface area contributed by atoms with Crippen molar-refractivity contribution < 1.29 is 14.3 Å². The summed E-state index contributed by atoms with van der Waals surface area (Å²) in [5, 5.41) is 5.93. The summed E-state index contributed by atoms with van der Waals surface area (Å²) < 4.78 is 11.0. The van der Waals surface area contributed by atoms with Gasteiger partial charge in [0.05, 0.1) is 13.2 Å². The van der Waals surface area contributed by atoms with Crippen LogP contribution in [0, 0.1) is 6.92 Å². The highest BCUT2D eigenvalue weighted by Gasteiger charge is 2.12. The molecule has 2 aromatic rings. The number of nitrogens with zero attached hydrogens (tertiary/aromatic N) is 1. The Morgan fingerprint density at radius 2 is 1.87 bits per heavy atom. The fraction of sp³-hybridized carbons (Fsp3) is 0.391. The predicted octanol–water partition coefficient (Wildman–Crippen LogP) is 3.85. The molecule has 30 heavy (non-hydrogen) atoms. The van der Waals surface area contributed by atoms with Gasteiger partial charge in [-0.05, 0) is 72.6 Å². The number of carbonyl (C=O) groups excluding carboxylic acids is 1. The Bertz CT molecular complexity index is 878. The lowest BCUT2D eigenvalue weighted by molar-refractivity contribution is -0.121. The van der Waals surface area contributed by atoms with Gasteiger partial charge in [0.2, 0.25) is 0 Å². The molecule has 1 aliphatic rings. The number of amides is 1. The maximum Gasteiger partial charge on any atom is 0.264 e. The van der Waals surface area contributed by atoms with Gasteiger partial charge >= 0.3 is 0 Å². The predicted molar refractivity (Wildman–Crippen MR) is 125 cm³/mol. The van der Waals surface area contributed by atoms with E-state index in [1.807, 2.05) is 49.4 Å². The Balaban J connectivity index is 1.45. The molecule has 0 spiro atoms. The van der Waals surface area contributed by atoms with Crippen LogP contribution in [0.25, 0.3) is 0 Å². The lowest BCUT2D eigenvalue weighted by atomic mass is 9.98. The third-order valence-electron chi connectivity index (χ3n) is 4.99. The van der Waals surface area contributed by atoms with E-state index in [2.05, 4.69) is 29.4 Å². The molecule has 3 rings (SSSR count). The Labute approximate surface area is 183 Å². The number of carbonyl (C=O) groups is 1. The SMILES string of the molecule is Cc1cc(OCC(=O)NC(=S)Nc2ccc(N3CCOCC3)cc2)ccc1C(C)C. The molecule has 0 atom stereocenters. The van der Waals surface area contributed by atoms with Gasteiger partial charge < -0.3 is 19.7 Å². The second-order valence-corrected chi connectivity index (χ2v) is 8.02. The normalized spacial score (nSPS) is 13.8. The summed E-state index contributed by atoms with van der Waals surface area (Å²) in [5.74, 6) is 0.821. The number of hydrogen-bond acceptors (Lipinski definition) is 5. The van der Waals surface area contributed by atoms with Crippen LogP contribution in [0.1, 0.15) is 30.9 Å². The van der Waals surface area contributed by atoms with Crippen LogP contribution >= 0.6 is 12.2 Å². The third-order valence-corrected chi connectivity index (χ3v) is 5.19. The molecule has 0 bridgehead atoms. The van der Waals surface area contributed by atoms with E-state index in [0.717, 1.165) is 43.2 Å². The van der Waals surface area contributed by atoms with E-state index in [-0.39, 0.29) is 17.6 Å². The highest BCUT2D eigenvalue weighted by molar-refractivity contribution is 7.80. The van der Waals surface area contributed by atoms with Crippen molar-refractivity contribution in [2.75, 3.05) is 43.1 Å². The molecular weight excluding hydrogens is 398 g/mol. The van der Waals surface area contributed by atoms with Crippen LogP contribution in [0.2, 0.25) is 0 Å². The van der Waals surface area contributed by atoms with Crippen molar-refractivity contribution in [1.82, 2.24) is 5.32 Å². The van der Waals surface area contributed by atoms with Crippen molar-refractivity contribution in [2.45, 2.75) is 26.7 Å². The van der Waals surface area contributed by atoms with Crippen molar-refractivity contribution in [1.29, 1.82) is 0 Å². The minimum absolute atomic E-state index is 0.0990. The first-order valence-electron chi connectivity index (χ1n) is 10.2. The molecule has 6 nitrogen and oxygen atoms in total. The summed E-state index contributed by atoms with van der Waals surface area (Å²) in [6.45, 7) is 9.53.